The number of aromatic hydroxyl groups is 1. The van der Waals surface area contributed by atoms with Gasteiger partial charge in [-0.25, -0.2) is 0 Å². The number of hydrogen-bond acceptors (Lipinski definition) is 5. The van der Waals surface area contributed by atoms with Crippen molar-refractivity contribution in [1.29, 1.82) is 0 Å². The molecule has 6 heteroatoms. The van der Waals surface area contributed by atoms with Crippen molar-refractivity contribution in [2.24, 2.45) is 0 Å². The van der Waals surface area contributed by atoms with Crippen molar-refractivity contribution in [2.75, 3.05) is 57.5 Å². The number of nitrogens with zero attached hydrogens (tertiary/aromatic N) is 2. The van der Waals surface area contributed by atoms with Gasteiger partial charge in [0, 0.05) is 37.9 Å². The van der Waals surface area contributed by atoms with Gasteiger partial charge in [0.2, 0.25) is 0 Å². The van der Waals surface area contributed by atoms with E-state index in [0.717, 1.165) is 18.8 Å². The van der Waals surface area contributed by atoms with Crippen LogP contribution in [0.15, 0.2) is 18.2 Å². The number of benzene rings is 1. The number of carbonyl (C=O) groups is 1. The minimum atomic E-state index is -0.135. The molecule has 2 aliphatic heterocycles. The van der Waals surface area contributed by atoms with Crippen LogP contribution < -0.4 is 4.90 Å². The minimum absolute atomic E-state index is 0.0375. The third-order valence-electron chi connectivity index (χ3n) is 3.89. The van der Waals surface area contributed by atoms with E-state index in [-0.39, 0.29) is 11.7 Å². The maximum absolute atomic E-state index is 12.4. The Bertz CT molecular complexity index is 508. The topological polar surface area (TPSA) is 62.2 Å². The lowest BCUT2D eigenvalue weighted by molar-refractivity contribution is 0.0301. The first-order chi connectivity index (χ1) is 10.3. The number of carbonyl (C=O) groups excluding carboxylic acids is 1. The van der Waals surface area contributed by atoms with Gasteiger partial charge in [0.1, 0.15) is 5.75 Å². The Morgan fingerprint density at radius 1 is 1.00 bits per heavy atom. The van der Waals surface area contributed by atoms with Gasteiger partial charge < -0.3 is 24.4 Å². The molecule has 2 saturated heterocycles. The van der Waals surface area contributed by atoms with Crippen molar-refractivity contribution < 1.29 is 19.4 Å². The summed E-state index contributed by atoms with van der Waals surface area (Å²) < 4.78 is 10.6. The van der Waals surface area contributed by atoms with Gasteiger partial charge in [0.25, 0.3) is 5.91 Å². The van der Waals surface area contributed by atoms with E-state index in [1.54, 1.807) is 17.0 Å². The van der Waals surface area contributed by atoms with Gasteiger partial charge >= 0.3 is 0 Å². The van der Waals surface area contributed by atoms with E-state index in [1.807, 2.05) is 6.07 Å². The third-order valence-corrected chi connectivity index (χ3v) is 3.89. The lowest BCUT2D eigenvalue weighted by Crippen LogP contribution is -2.40. The van der Waals surface area contributed by atoms with Crippen molar-refractivity contribution in [2.45, 2.75) is 0 Å². The van der Waals surface area contributed by atoms with Crippen LogP contribution in [0.5, 0.6) is 5.75 Å². The number of hydrogen-bond donors (Lipinski definition) is 1. The van der Waals surface area contributed by atoms with E-state index in [1.165, 1.54) is 0 Å². The predicted octanol–water partition coefficient (Wildman–Crippen LogP) is 0.701. The van der Waals surface area contributed by atoms with E-state index in [4.69, 9.17) is 9.47 Å². The van der Waals surface area contributed by atoms with Crippen LogP contribution in [-0.4, -0.2) is 68.5 Å². The van der Waals surface area contributed by atoms with E-state index in [9.17, 15) is 9.90 Å². The van der Waals surface area contributed by atoms with Crippen LogP contribution in [0.2, 0.25) is 0 Å². The van der Waals surface area contributed by atoms with Crippen LogP contribution in [-0.2, 0) is 9.47 Å². The van der Waals surface area contributed by atoms with E-state index < -0.39 is 0 Å². The van der Waals surface area contributed by atoms with E-state index >= 15 is 0 Å². The molecule has 0 atom stereocenters. The fourth-order valence-electron chi connectivity index (χ4n) is 2.66. The number of anilines is 1. The average Bonchev–Trinajstić information content (AvgIpc) is 2.56. The van der Waals surface area contributed by atoms with Crippen LogP contribution in [0.3, 0.4) is 0 Å². The van der Waals surface area contributed by atoms with Gasteiger partial charge in [0.05, 0.1) is 32.0 Å². The van der Waals surface area contributed by atoms with Crippen LogP contribution in [0.4, 0.5) is 5.69 Å². The molecule has 6 nitrogen and oxygen atoms in total. The Balaban J connectivity index is 1.75. The fourth-order valence-corrected chi connectivity index (χ4v) is 2.66. The Kier molecular flexibility index (Phi) is 4.26. The maximum atomic E-state index is 12.4. The van der Waals surface area contributed by atoms with Crippen molar-refractivity contribution in [3.05, 3.63) is 23.8 Å². The second-order valence-electron chi connectivity index (χ2n) is 5.21. The molecule has 1 aromatic rings. The zero-order valence-corrected chi connectivity index (χ0v) is 12.0. The standard InChI is InChI=1S/C15H20N2O4/c18-14-11-12(16-3-7-20-8-4-16)1-2-13(14)15(19)17-5-9-21-10-6-17/h1-2,11,18H,3-10H2. The van der Waals surface area contributed by atoms with Crippen molar-refractivity contribution >= 4 is 11.6 Å². The second kappa shape index (κ2) is 6.32. The molecular weight excluding hydrogens is 272 g/mol. The van der Waals surface area contributed by atoms with Gasteiger partial charge in [0.15, 0.2) is 0 Å². The summed E-state index contributed by atoms with van der Waals surface area (Å²) in [5.74, 6) is -0.0974. The molecule has 0 unspecified atom stereocenters. The first-order valence-corrected chi connectivity index (χ1v) is 7.28. The lowest BCUT2D eigenvalue weighted by Gasteiger charge is -2.30. The summed E-state index contributed by atoms with van der Waals surface area (Å²) in [7, 11) is 0. The maximum Gasteiger partial charge on any atom is 0.257 e. The highest BCUT2D eigenvalue weighted by Crippen LogP contribution is 2.26. The molecule has 0 radical (unpaired) electrons. The van der Waals surface area contributed by atoms with Crippen LogP contribution in [0.1, 0.15) is 10.4 Å². The zero-order chi connectivity index (χ0) is 14.7. The Hall–Kier alpha value is -1.79. The highest BCUT2D eigenvalue weighted by atomic mass is 16.5. The van der Waals surface area contributed by atoms with Crippen LogP contribution in [0.25, 0.3) is 0 Å². The Morgan fingerprint density at radius 2 is 1.62 bits per heavy atom. The molecule has 0 spiro atoms. The van der Waals surface area contributed by atoms with Gasteiger partial charge in [-0.3, -0.25) is 4.79 Å². The number of morpholine rings is 2. The predicted molar refractivity (Wildman–Crippen MR) is 77.9 cm³/mol. The fraction of sp³-hybridized carbons (Fsp3) is 0.533. The summed E-state index contributed by atoms with van der Waals surface area (Å²) >= 11 is 0. The molecule has 0 aromatic heterocycles. The smallest absolute Gasteiger partial charge is 0.257 e. The third kappa shape index (κ3) is 3.11. The van der Waals surface area contributed by atoms with Crippen molar-refractivity contribution in [3.63, 3.8) is 0 Å². The quantitative estimate of drug-likeness (QED) is 0.869. The first-order valence-electron chi connectivity index (χ1n) is 7.28. The number of amides is 1. The molecule has 2 fully saturated rings. The summed E-state index contributed by atoms with van der Waals surface area (Å²) in [6, 6.07) is 5.26. The number of phenols is 1. The van der Waals surface area contributed by atoms with E-state index in [0.29, 0.717) is 45.1 Å². The Morgan fingerprint density at radius 3 is 2.24 bits per heavy atom. The molecule has 1 amide bonds. The second-order valence-corrected chi connectivity index (χ2v) is 5.21. The molecular formula is C15H20N2O4. The molecule has 114 valence electrons. The number of ether oxygens (including phenoxy) is 2. The highest BCUT2D eigenvalue weighted by Gasteiger charge is 2.22. The summed E-state index contributed by atoms with van der Waals surface area (Å²) in [4.78, 5) is 16.2. The SMILES string of the molecule is O=C(c1ccc(N2CCOCC2)cc1O)N1CCOCC1. The summed E-state index contributed by atoms with van der Waals surface area (Å²) in [5.41, 5.74) is 1.28. The van der Waals surface area contributed by atoms with Gasteiger partial charge in [-0.15, -0.1) is 0 Å². The molecule has 0 bridgehead atoms. The highest BCUT2D eigenvalue weighted by molar-refractivity contribution is 5.97. The van der Waals surface area contributed by atoms with Crippen molar-refractivity contribution in [3.8, 4) is 5.75 Å². The molecule has 1 N–H and O–H groups in total. The average molecular weight is 292 g/mol. The molecule has 0 aliphatic carbocycles. The number of rotatable bonds is 2. The molecule has 2 aliphatic rings. The first kappa shape index (κ1) is 14.2. The van der Waals surface area contributed by atoms with Crippen molar-refractivity contribution in [1.82, 2.24) is 4.90 Å². The monoisotopic (exact) mass is 292 g/mol. The van der Waals surface area contributed by atoms with Crippen LogP contribution >= 0.6 is 0 Å². The molecule has 1 aromatic carbocycles. The van der Waals surface area contributed by atoms with Gasteiger partial charge in [-0.2, -0.15) is 0 Å². The molecule has 0 saturated carbocycles. The van der Waals surface area contributed by atoms with Crippen LogP contribution in [0, 0.1) is 0 Å². The minimum Gasteiger partial charge on any atom is -0.507 e. The number of phenolic OH excluding ortho intramolecular Hbond substituents is 1. The van der Waals surface area contributed by atoms with Gasteiger partial charge in [-0.05, 0) is 12.1 Å². The molecule has 21 heavy (non-hydrogen) atoms. The summed E-state index contributed by atoms with van der Waals surface area (Å²) in [6.07, 6.45) is 0. The zero-order valence-electron chi connectivity index (χ0n) is 12.0. The molecule has 2 heterocycles. The largest absolute Gasteiger partial charge is 0.507 e. The lowest BCUT2D eigenvalue weighted by atomic mass is 10.1. The molecule has 3 rings (SSSR count). The summed E-state index contributed by atoms with van der Waals surface area (Å²) in [5, 5.41) is 10.2. The Labute approximate surface area is 123 Å². The normalized spacial score (nSPS) is 19.6. The van der Waals surface area contributed by atoms with Gasteiger partial charge in [-0.1, -0.05) is 0 Å². The van der Waals surface area contributed by atoms with E-state index in [2.05, 4.69) is 4.90 Å². The summed E-state index contributed by atoms with van der Waals surface area (Å²) in [6.45, 7) is 5.24.